The van der Waals surface area contributed by atoms with E-state index in [1.807, 2.05) is 78.9 Å². The Balaban J connectivity index is 1.46. The van der Waals surface area contributed by atoms with Crippen LogP contribution in [0.4, 0.5) is 10.3 Å². The van der Waals surface area contributed by atoms with E-state index in [1.165, 1.54) is 6.08 Å². The van der Waals surface area contributed by atoms with E-state index < -0.39 is 9.94 Å². The minimum atomic E-state index is -2.14. The number of rotatable bonds is 10. The first-order chi connectivity index (χ1) is 20.4. The minimum Gasteiger partial charge on any atom is -0.453 e. The molecule has 5 aromatic rings. The van der Waals surface area contributed by atoms with Gasteiger partial charge in [0.2, 0.25) is 10.8 Å². The van der Waals surface area contributed by atoms with Gasteiger partial charge >= 0.3 is 5.95 Å². The highest BCUT2D eigenvalue weighted by molar-refractivity contribution is 6.24. The zero-order chi connectivity index (χ0) is 29.0. The molecule has 0 fully saturated rings. The first kappa shape index (κ1) is 27.7. The second-order valence-electron chi connectivity index (χ2n) is 9.77. The van der Waals surface area contributed by atoms with Gasteiger partial charge in [-0.1, -0.05) is 78.3 Å². The normalized spacial score (nSPS) is 16.9. The van der Waals surface area contributed by atoms with Crippen molar-refractivity contribution in [2.24, 2.45) is 0 Å². The van der Waals surface area contributed by atoms with E-state index in [2.05, 4.69) is 4.98 Å². The number of furan rings is 1. The lowest BCUT2D eigenvalue weighted by Gasteiger charge is -2.32. The van der Waals surface area contributed by atoms with Crippen molar-refractivity contribution in [1.82, 2.24) is 14.8 Å². The first-order valence-corrected chi connectivity index (χ1v) is 13.7. The van der Waals surface area contributed by atoms with Crippen molar-refractivity contribution in [3.8, 4) is 11.3 Å². The third-order valence-corrected chi connectivity index (χ3v) is 7.01. The Hall–Kier alpha value is -4.47. The molecule has 0 amide bonds. The smallest absolute Gasteiger partial charge is 0.403 e. The molecule has 1 unspecified atom stereocenters. The van der Waals surface area contributed by atoms with Crippen LogP contribution in [0.15, 0.2) is 126 Å². The van der Waals surface area contributed by atoms with Gasteiger partial charge in [-0.2, -0.15) is 9.97 Å². The Morgan fingerprint density at radius 1 is 0.952 bits per heavy atom. The van der Waals surface area contributed by atoms with E-state index in [-0.39, 0.29) is 31.3 Å². The highest BCUT2D eigenvalue weighted by atomic mass is 35.5. The van der Waals surface area contributed by atoms with Gasteiger partial charge in [-0.05, 0) is 41.5 Å². The molecule has 2 aromatic heterocycles. The third-order valence-electron chi connectivity index (χ3n) is 6.75. The molecule has 0 saturated carbocycles. The fraction of sp³-hybridized carbons (Fsp3) is 0.121. The van der Waals surface area contributed by atoms with E-state index in [0.29, 0.717) is 23.3 Å². The van der Waals surface area contributed by atoms with Gasteiger partial charge in [-0.25, -0.2) is 4.39 Å². The number of nitrogens with zero attached hydrogens (tertiary/aromatic N) is 3. The molecule has 0 aliphatic heterocycles. The number of hydrogen-bond acceptors (Lipinski definition) is 6. The molecular weight excluding hydrogens is 557 g/mol. The quantitative estimate of drug-likeness (QED) is 0.0718. The lowest BCUT2D eigenvalue weighted by atomic mass is 10.1. The molecular formula is C33H26ClFN3O4+. The minimum absolute atomic E-state index is 0.00459. The van der Waals surface area contributed by atoms with Crippen LogP contribution in [0.5, 0.6) is 0 Å². The zero-order valence-electron chi connectivity index (χ0n) is 22.4. The predicted molar refractivity (Wildman–Crippen MR) is 158 cm³/mol. The molecule has 1 aliphatic rings. The summed E-state index contributed by atoms with van der Waals surface area (Å²) in [4.78, 5) is 32.8. The standard InChI is InChI=1S/C33H26ClFN3O4/c34-33(35)17-7-12-28(19-33)38(40-22-24-8-3-1-4-9-24,41-23-25-10-5-2-6-11-25)32-36-20-27-18-26(13-15-30(27)37-32)31-16-14-29(21-39)42-31/h1-16,18-21H,17,22-23H2/q+1. The van der Waals surface area contributed by atoms with Crippen LogP contribution in [0.3, 0.4) is 0 Å². The van der Waals surface area contributed by atoms with E-state index in [9.17, 15) is 4.79 Å². The van der Waals surface area contributed by atoms with Crippen LogP contribution in [0.25, 0.3) is 22.2 Å². The lowest BCUT2D eigenvalue weighted by molar-refractivity contribution is -0.344. The van der Waals surface area contributed by atoms with E-state index in [4.69, 9.17) is 30.7 Å². The summed E-state index contributed by atoms with van der Waals surface area (Å²) in [5.41, 5.74) is 3.39. The molecule has 1 aliphatic carbocycles. The van der Waals surface area contributed by atoms with Gasteiger partial charge in [0.15, 0.2) is 12.0 Å². The zero-order valence-corrected chi connectivity index (χ0v) is 23.2. The van der Waals surface area contributed by atoms with Crippen molar-refractivity contribution in [2.45, 2.75) is 24.8 Å². The Morgan fingerprint density at radius 3 is 2.26 bits per heavy atom. The number of halogens is 2. The van der Waals surface area contributed by atoms with Gasteiger partial charge in [0.05, 0.1) is 10.3 Å². The molecule has 6 rings (SSSR count). The van der Waals surface area contributed by atoms with Gasteiger partial charge in [-0.3, -0.25) is 4.79 Å². The summed E-state index contributed by atoms with van der Waals surface area (Å²) in [7, 11) is 0. The van der Waals surface area contributed by atoms with E-state index >= 15 is 4.39 Å². The van der Waals surface area contributed by atoms with Gasteiger partial charge in [0.1, 0.15) is 19.0 Å². The van der Waals surface area contributed by atoms with Gasteiger partial charge in [0.25, 0.3) is 0 Å². The average Bonchev–Trinajstić information content (AvgIpc) is 3.51. The average molecular weight is 583 g/mol. The Morgan fingerprint density at radius 2 is 1.64 bits per heavy atom. The number of aromatic nitrogens is 2. The van der Waals surface area contributed by atoms with Crippen molar-refractivity contribution in [2.75, 3.05) is 0 Å². The molecule has 210 valence electrons. The van der Waals surface area contributed by atoms with Gasteiger partial charge in [0, 0.05) is 35.7 Å². The summed E-state index contributed by atoms with van der Waals surface area (Å²) in [6.45, 7) is 0.223. The van der Waals surface area contributed by atoms with Crippen molar-refractivity contribution >= 4 is 34.7 Å². The van der Waals surface area contributed by atoms with Crippen LogP contribution < -0.4 is 4.81 Å². The second-order valence-corrected chi connectivity index (χ2v) is 10.4. The van der Waals surface area contributed by atoms with Crippen molar-refractivity contribution < 1.29 is 23.3 Å². The molecule has 3 aromatic carbocycles. The lowest BCUT2D eigenvalue weighted by Crippen LogP contribution is -2.49. The predicted octanol–water partition coefficient (Wildman–Crippen LogP) is 8.02. The molecule has 1 atom stereocenters. The van der Waals surface area contributed by atoms with Gasteiger partial charge < -0.3 is 4.42 Å². The van der Waals surface area contributed by atoms with Crippen LogP contribution in [0.2, 0.25) is 0 Å². The van der Waals surface area contributed by atoms with Crippen molar-refractivity contribution in [3.05, 3.63) is 138 Å². The number of aldehydes is 1. The van der Waals surface area contributed by atoms with Gasteiger partial charge in [-0.15, -0.1) is 9.68 Å². The highest BCUT2D eigenvalue weighted by Gasteiger charge is 2.47. The summed E-state index contributed by atoms with van der Waals surface area (Å²) < 4.78 is 20.8. The topological polar surface area (TPSA) is 74.5 Å². The van der Waals surface area contributed by atoms with Crippen LogP contribution in [-0.4, -0.2) is 21.4 Å². The number of benzene rings is 3. The number of carbonyl (C=O) groups excluding carboxylic acids is 1. The highest BCUT2D eigenvalue weighted by Crippen LogP contribution is 2.38. The Kier molecular flexibility index (Phi) is 7.78. The summed E-state index contributed by atoms with van der Waals surface area (Å²) in [6.07, 6.45) is 6.93. The van der Waals surface area contributed by atoms with Crippen molar-refractivity contribution in [1.29, 1.82) is 0 Å². The van der Waals surface area contributed by atoms with Crippen molar-refractivity contribution in [3.63, 3.8) is 0 Å². The maximum atomic E-state index is 15.2. The molecule has 2 heterocycles. The molecule has 0 N–H and O–H groups in total. The maximum absolute atomic E-state index is 15.2. The summed E-state index contributed by atoms with van der Waals surface area (Å²) in [5, 5.41) is -1.43. The molecule has 7 nitrogen and oxygen atoms in total. The van der Waals surface area contributed by atoms with Crippen LogP contribution in [0, 0.1) is 0 Å². The number of alkyl halides is 2. The maximum Gasteiger partial charge on any atom is 0.403 e. The molecule has 0 bridgehead atoms. The molecule has 42 heavy (non-hydrogen) atoms. The van der Waals surface area contributed by atoms with E-state index in [1.54, 1.807) is 30.5 Å². The molecule has 9 heteroatoms. The number of hydrogen-bond donors (Lipinski definition) is 0. The summed E-state index contributed by atoms with van der Waals surface area (Å²) in [5.74, 6) is 0.917. The Labute approximate surface area is 246 Å². The van der Waals surface area contributed by atoms with E-state index in [0.717, 1.165) is 22.1 Å². The number of allylic oxidation sites excluding steroid dienone is 3. The third kappa shape index (κ3) is 5.93. The SMILES string of the molecule is O=Cc1ccc(-c2ccc3nc([N+](OCc4ccccc4)(OCc4ccccc4)C4=CC(F)(Cl)CC=C4)ncc3c2)o1. The monoisotopic (exact) mass is 582 g/mol. The molecule has 0 spiro atoms. The molecule has 0 saturated heterocycles. The second kappa shape index (κ2) is 11.8. The van der Waals surface area contributed by atoms with Crippen LogP contribution >= 0.6 is 11.6 Å². The summed E-state index contributed by atoms with van der Waals surface area (Å²) >= 11 is 6.19. The number of carbonyl (C=O) groups is 1. The largest absolute Gasteiger partial charge is 0.453 e. The first-order valence-electron chi connectivity index (χ1n) is 13.3. The number of quaternary nitrogens is 1. The Bertz CT molecular complexity index is 1730. The number of fused-ring (bicyclic) bond motifs is 1. The van der Waals surface area contributed by atoms with Crippen LogP contribution in [-0.2, 0) is 22.9 Å². The molecule has 0 radical (unpaired) electrons. The fourth-order valence-corrected chi connectivity index (χ4v) is 4.83. The van der Waals surface area contributed by atoms with Crippen LogP contribution in [0.1, 0.15) is 28.1 Å². The number of hydroxylamine groups is 2. The fourth-order valence-electron chi connectivity index (χ4n) is 4.63. The summed E-state index contributed by atoms with van der Waals surface area (Å²) in [6, 6.07) is 28.0.